The summed E-state index contributed by atoms with van der Waals surface area (Å²) in [6.45, 7) is 5.54. The van der Waals surface area contributed by atoms with Gasteiger partial charge >= 0.3 is 0 Å². The normalized spacial score (nSPS) is 12.2. The summed E-state index contributed by atoms with van der Waals surface area (Å²) in [5, 5.41) is 0.845. The molecule has 1 aromatic heterocycles. The Hall–Kier alpha value is -1.10. The highest BCUT2D eigenvalue weighted by Gasteiger charge is 2.20. The molecule has 0 saturated heterocycles. The highest BCUT2D eigenvalue weighted by Crippen LogP contribution is 2.07. The third-order valence-electron chi connectivity index (χ3n) is 1.72. The van der Waals surface area contributed by atoms with Crippen LogP contribution < -0.4 is 0 Å². The molecule has 0 fully saturated rings. The number of rotatable bonds is 3. The first-order valence-corrected chi connectivity index (χ1v) is 5.15. The van der Waals surface area contributed by atoms with E-state index in [0.29, 0.717) is 11.5 Å². The van der Waals surface area contributed by atoms with Crippen molar-refractivity contribution in [2.75, 3.05) is 7.05 Å². The second kappa shape index (κ2) is 4.41. The van der Waals surface area contributed by atoms with E-state index in [1.54, 1.807) is 7.05 Å². The Bertz CT molecular complexity index is 368. The SMILES string of the molecule is C/N=C(\C(=O)C(C)C)c1nsc(C)n1. The maximum Gasteiger partial charge on any atom is 0.194 e. The van der Waals surface area contributed by atoms with E-state index in [-0.39, 0.29) is 11.7 Å². The summed E-state index contributed by atoms with van der Waals surface area (Å²) in [6.07, 6.45) is 0. The highest BCUT2D eigenvalue weighted by atomic mass is 32.1. The number of aliphatic imine (C=N–C) groups is 1. The fourth-order valence-electron chi connectivity index (χ4n) is 0.989. The van der Waals surface area contributed by atoms with E-state index in [2.05, 4.69) is 14.3 Å². The largest absolute Gasteiger partial charge is 0.292 e. The molecule has 1 aromatic rings. The average Bonchev–Trinajstić information content (AvgIpc) is 2.53. The Morgan fingerprint density at radius 1 is 1.50 bits per heavy atom. The van der Waals surface area contributed by atoms with Crippen LogP contribution in [0.25, 0.3) is 0 Å². The van der Waals surface area contributed by atoms with Gasteiger partial charge in [-0.1, -0.05) is 13.8 Å². The van der Waals surface area contributed by atoms with Crippen molar-refractivity contribution >= 4 is 23.0 Å². The summed E-state index contributed by atoms with van der Waals surface area (Å²) in [6, 6.07) is 0. The van der Waals surface area contributed by atoms with Crippen molar-refractivity contribution in [1.29, 1.82) is 0 Å². The minimum Gasteiger partial charge on any atom is -0.292 e. The molecule has 0 aliphatic heterocycles. The number of carbonyl (C=O) groups excluding carboxylic acids is 1. The molecule has 0 aliphatic carbocycles. The van der Waals surface area contributed by atoms with Crippen molar-refractivity contribution in [3.8, 4) is 0 Å². The van der Waals surface area contributed by atoms with Gasteiger partial charge in [0, 0.05) is 13.0 Å². The Morgan fingerprint density at radius 2 is 2.14 bits per heavy atom. The molecule has 4 nitrogen and oxygen atoms in total. The Kier molecular flexibility index (Phi) is 3.46. The van der Waals surface area contributed by atoms with Gasteiger partial charge in [-0.3, -0.25) is 9.79 Å². The molecule has 0 N–H and O–H groups in total. The lowest BCUT2D eigenvalue weighted by atomic mass is 10.0. The van der Waals surface area contributed by atoms with Crippen LogP contribution in [0.5, 0.6) is 0 Å². The Morgan fingerprint density at radius 3 is 2.50 bits per heavy atom. The molecule has 0 amide bonds. The number of aryl methyl sites for hydroxylation is 1. The third kappa shape index (κ3) is 2.23. The zero-order valence-electron chi connectivity index (χ0n) is 8.74. The molecule has 0 bridgehead atoms. The maximum absolute atomic E-state index is 11.7. The van der Waals surface area contributed by atoms with Crippen LogP contribution in [-0.2, 0) is 4.79 Å². The molecule has 0 unspecified atom stereocenters. The first-order chi connectivity index (χ1) is 6.56. The van der Waals surface area contributed by atoms with E-state index in [1.807, 2.05) is 20.8 Å². The molecular formula is C9H13N3OS. The lowest BCUT2D eigenvalue weighted by Gasteiger charge is -2.03. The van der Waals surface area contributed by atoms with Gasteiger partial charge in [0.25, 0.3) is 0 Å². The molecule has 0 spiro atoms. The van der Waals surface area contributed by atoms with E-state index < -0.39 is 0 Å². The zero-order chi connectivity index (χ0) is 10.7. The minimum atomic E-state index is -0.0718. The lowest BCUT2D eigenvalue weighted by molar-refractivity contribution is -0.115. The number of ketones is 1. The molecule has 0 atom stereocenters. The van der Waals surface area contributed by atoms with Gasteiger partial charge in [0.1, 0.15) is 10.7 Å². The van der Waals surface area contributed by atoms with E-state index in [9.17, 15) is 4.79 Å². The first-order valence-electron chi connectivity index (χ1n) is 4.38. The van der Waals surface area contributed by atoms with Gasteiger partial charge in [0.05, 0.1) is 0 Å². The van der Waals surface area contributed by atoms with Crippen LogP contribution in [0.2, 0.25) is 0 Å². The van der Waals surface area contributed by atoms with Crippen LogP contribution in [0, 0.1) is 12.8 Å². The van der Waals surface area contributed by atoms with Crippen molar-refractivity contribution < 1.29 is 4.79 Å². The van der Waals surface area contributed by atoms with Gasteiger partial charge in [-0.05, 0) is 18.5 Å². The average molecular weight is 211 g/mol. The number of nitrogens with zero attached hydrogens (tertiary/aromatic N) is 3. The smallest absolute Gasteiger partial charge is 0.194 e. The molecular weight excluding hydrogens is 198 g/mol. The van der Waals surface area contributed by atoms with Crippen LogP contribution >= 0.6 is 11.5 Å². The molecule has 5 heteroatoms. The van der Waals surface area contributed by atoms with Crippen molar-refractivity contribution in [1.82, 2.24) is 9.36 Å². The summed E-state index contributed by atoms with van der Waals surface area (Å²) in [4.78, 5) is 19.8. The fraction of sp³-hybridized carbons (Fsp3) is 0.556. The predicted octanol–water partition coefficient (Wildman–Crippen LogP) is 1.49. The van der Waals surface area contributed by atoms with Crippen molar-refractivity contribution in [2.24, 2.45) is 10.9 Å². The summed E-state index contributed by atoms with van der Waals surface area (Å²) < 4.78 is 4.07. The monoisotopic (exact) mass is 211 g/mol. The van der Waals surface area contributed by atoms with Crippen molar-refractivity contribution in [3.63, 3.8) is 0 Å². The standard InChI is InChI=1S/C9H13N3OS/c1-5(2)8(13)7(10-4)9-11-6(3)14-12-9/h5H,1-4H3/b10-7+. The van der Waals surface area contributed by atoms with Gasteiger partial charge in [-0.15, -0.1) is 0 Å². The lowest BCUT2D eigenvalue weighted by Crippen LogP contribution is -2.22. The maximum atomic E-state index is 11.7. The second-order valence-electron chi connectivity index (χ2n) is 3.23. The minimum absolute atomic E-state index is 0.00898. The predicted molar refractivity (Wildman–Crippen MR) is 57.0 cm³/mol. The first kappa shape index (κ1) is 11.0. The van der Waals surface area contributed by atoms with Gasteiger partial charge in [-0.25, -0.2) is 4.98 Å². The topological polar surface area (TPSA) is 55.2 Å². The molecule has 0 saturated carbocycles. The number of aromatic nitrogens is 2. The third-order valence-corrected chi connectivity index (χ3v) is 2.34. The fourth-order valence-corrected chi connectivity index (χ4v) is 1.46. The quantitative estimate of drug-likeness (QED) is 0.712. The second-order valence-corrected chi connectivity index (χ2v) is 4.18. The molecule has 14 heavy (non-hydrogen) atoms. The van der Waals surface area contributed by atoms with Crippen molar-refractivity contribution in [2.45, 2.75) is 20.8 Å². The Labute approximate surface area is 87.3 Å². The number of carbonyl (C=O) groups is 1. The van der Waals surface area contributed by atoms with Crippen molar-refractivity contribution in [3.05, 3.63) is 10.8 Å². The number of Topliss-reactive ketones (excluding diaryl/α,β-unsaturated/α-hetero) is 1. The summed E-state index contributed by atoms with van der Waals surface area (Å²) in [5.41, 5.74) is 0.379. The molecule has 76 valence electrons. The van der Waals surface area contributed by atoms with Gasteiger partial charge < -0.3 is 0 Å². The summed E-state index contributed by atoms with van der Waals surface area (Å²) >= 11 is 1.28. The summed E-state index contributed by atoms with van der Waals surface area (Å²) in [7, 11) is 1.59. The number of hydrogen-bond donors (Lipinski definition) is 0. The number of hydrogen-bond acceptors (Lipinski definition) is 5. The van der Waals surface area contributed by atoms with E-state index in [4.69, 9.17) is 0 Å². The van der Waals surface area contributed by atoms with Crippen LogP contribution in [0.1, 0.15) is 24.7 Å². The molecule has 1 rings (SSSR count). The Balaban J connectivity index is 3.00. The van der Waals surface area contributed by atoms with E-state index >= 15 is 0 Å². The van der Waals surface area contributed by atoms with Crippen LogP contribution in [-0.4, -0.2) is 27.9 Å². The summed E-state index contributed by atoms with van der Waals surface area (Å²) in [5.74, 6) is 0.372. The zero-order valence-corrected chi connectivity index (χ0v) is 9.55. The van der Waals surface area contributed by atoms with Crippen LogP contribution in [0.15, 0.2) is 4.99 Å². The molecule has 1 heterocycles. The van der Waals surface area contributed by atoms with Crippen LogP contribution in [0.4, 0.5) is 0 Å². The van der Waals surface area contributed by atoms with Gasteiger partial charge in [0.15, 0.2) is 11.6 Å². The molecule has 0 radical (unpaired) electrons. The van der Waals surface area contributed by atoms with Crippen LogP contribution in [0.3, 0.4) is 0 Å². The van der Waals surface area contributed by atoms with Gasteiger partial charge in [-0.2, -0.15) is 4.37 Å². The molecule has 0 aromatic carbocycles. The van der Waals surface area contributed by atoms with Gasteiger partial charge in [0.2, 0.25) is 0 Å². The van der Waals surface area contributed by atoms with E-state index in [1.165, 1.54) is 11.5 Å². The molecule has 0 aliphatic rings. The van der Waals surface area contributed by atoms with E-state index in [0.717, 1.165) is 5.01 Å². The highest BCUT2D eigenvalue weighted by molar-refractivity contribution is 7.05.